The van der Waals surface area contributed by atoms with Gasteiger partial charge in [0, 0.05) is 23.2 Å². The van der Waals surface area contributed by atoms with Gasteiger partial charge in [-0.05, 0) is 61.0 Å². The van der Waals surface area contributed by atoms with Crippen LogP contribution in [-0.4, -0.2) is 28.5 Å². The Bertz CT molecular complexity index is 1080. The number of ether oxygens (including phenoxy) is 1. The number of hydrogen-bond acceptors (Lipinski definition) is 5. The molecule has 5 nitrogen and oxygen atoms in total. The SMILES string of the molecule is COc1cc(C)cc2c(-c3ccc4c(c3O)[C@@H](C)N[C@H](C)[C@@H]4O)ccc(O)c12. The number of nitrogens with one attached hydrogen (secondary N) is 1. The molecule has 0 saturated heterocycles. The number of aryl methyl sites for hydroxylation is 1. The van der Waals surface area contributed by atoms with Gasteiger partial charge in [0.25, 0.3) is 0 Å². The van der Waals surface area contributed by atoms with Crippen LogP contribution in [0.15, 0.2) is 36.4 Å². The van der Waals surface area contributed by atoms with Crippen molar-refractivity contribution in [1.82, 2.24) is 5.32 Å². The molecule has 0 unspecified atom stereocenters. The fraction of sp³-hybridized carbons (Fsp3) is 0.304. The lowest BCUT2D eigenvalue weighted by Crippen LogP contribution is -2.39. The summed E-state index contributed by atoms with van der Waals surface area (Å²) in [5, 5.41) is 36.8. The second kappa shape index (κ2) is 6.69. The zero-order chi connectivity index (χ0) is 20.2. The zero-order valence-electron chi connectivity index (χ0n) is 16.4. The van der Waals surface area contributed by atoms with E-state index in [2.05, 4.69) is 5.32 Å². The highest BCUT2D eigenvalue weighted by Crippen LogP contribution is 2.46. The Labute approximate surface area is 164 Å². The van der Waals surface area contributed by atoms with E-state index in [9.17, 15) is 15.3 Å². The standard InChI is InChI=1S/C23H25NO4/c1-11-9-17-14(7-8-18(25)21(17)19(10-11)28-4)15-5-6-16-20(23(15)27)12(2)24-13(3)22(16)26/h5-10,12-13,22,24-27H,1-4H3/t12-,13-,22+/m1/s1. The molecular formula is C23H25NO4. The predicted molar refractivity (Wildman–Crippen MR) is 110 cm³/mol. The van der Waals surface area contributed by atoms with E-state index in [1.807, 2.05) is 45.0 Å². The molecule has 4 N–H and O–H groups in total. The largest absolute Gasteiger partial charge is 0.507 e. The van der Waals surface area contributed by atoms with Crippen LogP contribution in [-0.2, 0) is 0 Å². The van der Waals surface area contributed by atoms with E-state index in [0.717, 1.165) is 22.1 Å². The summed E-state index contributed by atoms with van der Waals surface area (Å²) in [6.07, 6.45) is -0.676. The molecule has 0 bridgehead atoms. The molecule has 146 valence electrons. The van der Waals surface area contributed by atoms with Gasteiger partial charge < -0.3 is 25.4 Å². The third-order valence-electron chi connectivity index (χ3n) is 5.70. The molecule has 0 spiro atoms. The van der Waals surface area contributed by atoms with E-state index >= 15 is 0 Å². The summed E-state index contributed by atoms with van der Waals surface area (Å²) in [6, 6.07) is 10.8. The van der Waals surface area contributed by atoms with Crippen LogP contribution in [0.2, 0.25) is 0 Å². The number of benzene rings is 3. The van der Waals surface area contributed by atoms with Gasteiger partial charge >= 0.3 is 0 Å². The van der Waals surface area contributed by atoms with Crippen LogP contribution in [0.25, 0.3) is 21.9 Å². The van der Waals surface area contributed by atoms with E-state index in [1.165, 1.54) is 0 Å². The summed E-state index contributed by atoms with van der Waals surface area (Å²) in [4.78, 5) is 0. The monoisotopic (exact) mass is 379 g/mol. The van der Waals surface area contributed by atoms with Gasteiger partial charge in [0.1, 0.15) is 17.2 Å². The highest BCUT2D eigenvalue weighted by molar-refractivity contribution is 6.04. The van der Waals surface area contributed by atoms with Crippen LogP contribution in [0.4, 0.5) is 0 Å². The third-order valence-corrected chi connectivity index (χ3v) is 5.70. The van der Waals surface area contributed by atoms with Crippen molar-refractivity contribution in [3.05, 3.63) is 53.1 Å². The number of aliphatic hydroxyl groups excluding tert-OH is 1. The van der Waals surface area contributed by atoms with Gasteiger partial charge in [0.05, 0.1) is 18.6 Å². The van der Waals surface area contributed by atoms with Crippen LogP contribution in [0.1, 0.15) is 42.7 Å². The highest BCUT2D eigenvalue weighted by atomic mass is 16.5. The number of aromatic hydroxyl groups is 2. The van der Waals surface area contributed by atoms with Crippen LogP contribution < -0.4 is 10.1 Å². The van der Waals surface area contributed by atoms with Gasteiger partial charge in [0.2, 0.25) is 0 Å². The van der Waals surface area contributed by atoms with Crippen molar-refractivity contribution in [3.63, 3.8) is 0 Å². The average Bonchev–Trinajstić information content (AvgIpc) is 2.66. The fourth-order valence-corrected chi connectivity index (χ4v) is 4.35. The molecule has 1 aliphatic heterocycles. The molecule has 3 aromatic carbocycles. The molecule has 3 aromatic rings. The second-order valence-electron chi connectivity index (χ2n) is 7.61. The van der Waals surface area contributed by atoms with Gasteiger partial charge in [-0.3, -0.25) is 0 Å². The van der Waals surface area contributed by atoms with Gasteiger partial charge in [-0.25, -0.2) is 0 Å². The molecule has 0 aromatic heterocycles. The average molecular weight is 379 g/mol. The Morgan fingerprint density at radius 2 is 1.71 bits per heavy atom. The van der Waals surface area contributed by atoms with Crippen molar-refractivity contribution in [2.45, 2.75) is 39.0 Å². The van der Waals surface area contributed by atoms with Crippen molar-refractivity contribution in [2.24, 2.45) is 0 Å². The van der Waals surface area contributed by atoms with Crippen LogP contribution in [0.3, 0.4) is 0 Å². The van der Waals surface area contributed by atoms with Crippen molar-refractivity contribution < 1.29 is 20.1 Å². The number of phenols is 2. The van der Waals surface area contributed by atoms with Gasteiger partial charge in [-0.2, -0.15) is 0 Å². The minimum absolute atomic E-state index is 0.0887. The van der Waals surface area contributed by atoms with Gasteiger partial charge in [-0.1, -0.05) is 18.2 Å². The summed E-state index contributed by atoms with van der Waals surface area (Å²) in [6.45, 7) is 5.87. The van der Waals surface area contributed by atoms with Crippen molar-refractivity contribution in [1.29, 1.82) is 0 Å². The first-order chi connectivity index (χ1) is 13.3. The molecule has 1 heterocycles. The minimum Gasteiger partial charge on any atom is -0.507 e. The van der Waals surface area contributed by atoms with Crippen LogP contribution >= 0.6 is 0 Å². The molecule has 5 heteroatoms. The van der Waals surface area contributed by atoms with Crippen molar-refractivity contribution in [2.75, 3.05) is 7.11 Å². The third kappa shape index (κ3) is 2.70. The van der Waals surface area contributed by atoms with Crippen molar-refractivity contribution >= 4 is 10.8 Å². The first kappa shape index (κ1) is 18.6. The maximum Gasteiger partial charge on any atom is 0.130 e. The molecule has 0 amide bonds. The lowest BCUT2D eigenvalue weighted by Gasteiger charge is -2.34. The second-order valence-corrected chi connectivity index (χ2v) is 7.61. The lowest BCUT2D eigenvalue weighted by molar-refractivity contribution is 0.116. The van der Waals surface area contributed by atoms with Crippen LogP contribution in [0.5, 0.6) is 17.2 Å². The predicted octanol–water partition coefficient (Wildman–Crippen LogP) is 4.32. The first-order valence-corrected chi connectivity index (χ1v) is 9.44. The molecule has 3 atom stereocenters. The van der Waals surface area contributed by atoms with E-state index in [-0.39, 0.29) is 23.6 Å². The number of hydrogen-bond donors (Lipinski definition) is 4. The highest BCUT2D eigenvalue weighted by Gasteiger charge is 2.32. The van der Waals surface area contributed by atoms with Gasteiger partial charge in [0.15, 0.2) is 0 Å². The Morgan fingerprint density at radius 1 is 1.00 bits per heavy atom. The maximum atomic E-state index is 11.1. The molecule has 28 heavy (non-hydrogen) atoms. The molecule has 0 aliphatic carbocycles. The van der Waals surface area contributed by atoms with E-state index in [1.54, 1.807) is 19.2 Å². The number of methoxy groups -OCH3 is 1. The number of aliphatic hydroxyl groups is 1. The van der Waals surface area contributed by atoms with E-state index in [4.69, 9.17) is 4.74 Å². The van der Waals surface area contributed by atoms with Crippen LogP contribution in [0, 0.1) is 6.92 Å². The summed E-state index contributed by atoms with van der Waals surface area (Å²) in [5.74, 6) is 0.870. The molecular weight excluding hydrogens is 354 g/mol. The number of rotatable bonds is 2. The van der Waals surface area contributed by atoms with Gasteiger partial charge in [-0.15, -0.1) is 0 Å². The Kier molecular flexibility index (Phi) is 4.44. The van der Waals surface area contributed by atoms with Crippen molar-refractivity contribution in [3.8, 4) is 28.4 Å². The summed E-state index contributed by atoms with van der Waals surface area (Å²) in [5.41, 5.74) is 3.91. The summed E-state index contributed by atoms with van der Waals surface area (Å²) < 4.78 is 5.48. The summed E-state index contributed by atoms with van der Waals surface area (Å²) >= 11 is 0. The Balaban J connectivity index is 2.01. The Hall–Kier alpha value is -2.76. The minimum atomic E-state index is -0.676. The smallest absolute Gasteiger partial charge is 0.130 e. The quantitative estimate of drug-likeness (QED) is 0.533. The maximum absolute atomic E-state index is 11.1. The zero-order valence-corrected chi connectivity index (χ0v) is 16.4. The van der Waals surface area contributed by atoms with E-state index < -0.39 is 6.10 Å². The fourth-order valence-electron chi connectivity index (χ4n) is 4.35. The number of phenolic OH excluding ortho intramolecular Hbond substituents is 2. The molecule has 1 aliphatic rings. The lowest BCUT2D eigenvalue weighted by atomic mass is 9.85. The molecule has 0 fully saturated rings. The van der Waals surface area contributed by atoms with E-state index in [0.29, 0.717) is 22.3 Å². The molecule has 0 radical (unpaired) electrons. The number of fused-ring (bicyclic) bond motifs is 2. The normalized spacial score (nSPS) is 21.5. The Morgan fingerprint density at radius 3 is 2.43 bits per heavy atom. The molecule has 0 saturated carbocycles. The summed E-state index contributed by atoms with van der Waals surface area (Å²) in [7, 11) is 1.58. The molecule has 4 rings (SSSR count). The first-order valence-electron chi connectivity index (χ1n) is 9.44. The topological polar surface area (TPSA) is 82.0 Å².